The third kappa shape index (κ3) is 4.66. The molecule has 1 aliphatic carbocycles. The van der Waals surface area contributed by atoms with Gasteiger partial charge in [-0.1, -0.05) is 25.3 Å². The molecule has 1 saturated carbocycles. The van der Waals surface area contributed by atoms with Gasteiger partial charge in [0, 0.05) is 29.1 Å². The summed E-state index contributed by atoms with van der Waals surface area (Å²) in [6, 6.07) is 11.6. The summed E-state index contributed by atoms with van der Waals surface area (Å²) in [5.74, 6) is 0.0795. The second kappa shape index (κ2) is 10.7. The van der Waals surface area contributed by atoms with Crippen LogP contribution in [0.25, 0.3) is 28.2 Å². The van der Waals surface area contributed by atoms with Gasteiger partial charge in [-0.15, -0.1) is 0 Å². The molecule has 5 rings (SSSR count). The third-order valence-electron chi connectivity index (χ3n) is 7.69. The van der Waals surface area contributed by atoms with Crippen molar-refractivity contribution in [1.29, 1.82) is 0 Å². The molecule has 0 saturated heterocycles. The van der Waals surface area contributed by atoms with Crippen LogP contribution in [0.3, 0.4) is 0 Å². The van der Waals surface area contributed by atoms with E-state index in [4.69, 9.17) is 9.47 Å². The van der Waals surface area contributed by atoms with E-state index in [-0.39, 0.29) is 18.4 Å². The van der Waals surface area contributed by atoms with Gasteiger partial charge in [0.25, 0.3) is 0 Å². The first-order valence-electron chi connectivity index (χ1n) is 13.1. The number of aromatic nitrogens is 1. The number of carbonyl (C=O) groups excluding carboxylic acids is 3. The number of carbonyl (C=O) groups is 3. The van der Waals surface area contributed by atoms with Crippen LogP contribution in [0.1, 0.15) is 59.5 Å². The van der Waals surface area contributed by atoms with Gasteiger partial charge >= 0.3 is 5.97 Å². The molecule has 1 aliphatic heterocycles. The standard InChI is InChI=1S/C30H33N3O5/c1-31-26(34)16-32-29(35)21-13-20-14-22(37-2)10-12-23(20)28-27(18-7-5-4-6-8-18)24-11-9-19(30(36)38-3)15-25(24)33(28)17-21/h9-15,18H,4-8,16-17H2,1-3H3,(H,31,34)(H,32,35). The number of benzene rings is 2. The highest BCUT2D eigenvalue weighted by Crippen LogP contribution is 2.47. The highest BCUT2D eigenvalue weighted by molar-refractivity contribution is 6.04. The first kappa shape index (κ1) is 25.6. The minimum Gasteiger partial charge on any atom is -0.497 e. The number of fused-ring (bicyclic) bond motifs is 5. The van der Waals surface area contributed by atoms with Crippen LogP contribution < -0.4 is 15.4 Å². The maximum atomic E-state index is 13.3. The second-order valence-corrected chi connectivity index (χ2v) is 9.89. The fourth-order valence-corrected chi connectivity index (χ4v) is 5.79. The van der Waals surface area contributed by atoms with Gasteiger partial charge in [-0.05, 0) is 66.3 Å². The van der Waals surface area contributed by atoms with E-state index in [1.807, 2.05) is 42.5 Å². The Balaban J connectivity index is 1.75. The highest BCUT2D eigenvalue weighted by Gasteiger charge is 2.30. The SMILES string of the molecule is CNC(=O)CNC(=O)C1=Cc2cc(OC)ccc2-c2c(C3CCCCC3)c3ccc(C(=O)OC)cc3n2C1. The van der Waals surface area contributed by atoms with Crippen LogP contribution in [0, 0.1) is 0 Å². The summed E-state index contributed by atoms with van der Waals surface area (Å²) in [7, 11) is 4.53. The van der Waals surface area contributed by atoms with Gasteiger partial charge in [-0.3, -0.25) is 9.59 Å². The van der Waals surface area contributed by atoms with E-state index in [1.165, 1.54) is 39.0 Å². The molecule has 0 atom stereocenters. The fraction of sp³-hybridized carbons (Fsp3) is 0.367. The zero-order valence-corrected chi connectivity index (χ0v) is 22.1. The number of likely N-dealkylation sites (N-methyl/N-ethyl adjacent to an activating group) is 1. The number of methoxy groups -OCH3 is 2. The Bertz CT molecular complexity index is 1450. The average molecular weight is 516 g/mol. The van der Waals surface area contributed by atoms with E-state index in [1.54, 1.807) is 7.11 Å². The van der Waals surface area contributed by atoms with Crippen molar-refractivity contribution in [3.05, 3.63) is 58.7 Å². The van der Waals surface area contributed by atoms with Crippen LogP contribution in [0.4, 0.5) is 0 Å². The Morgan fingerprint density at radius 2 is 1.82 bits per heavy atom. The molecular formula is C30H33N3O5. The van der Waals surface area contributed by atoms with Crippen molar-refractivity contribution >= 4 is 34.8 Å². The third-order valence-corrected chi connectivity index (χ3v) is 7.69. The average Bonchev–Trinajstić information content (AvgIpc) is 3.17. The normalized spacial score (nSPS) is 15.1. The maximum Gasteiger partial charge on any atom is 0.337 e. The summed E-state index contributed by atoms with van der Waals surface area (Å²) in [6.07, 6.45) is 7.68. The zero-order valence-electron chi connectivity index (χ0n) is 22.1. The molecule has 2 heterocycles. The van der Waals surface area contributed by atoms with Crippen molar-refractivity contribution in [1.82, 2.24) is 15.2 Å². The molecule has 38 heavy (non-hydrogen) atoms. The van der Waals surface area contributed by atoms with Crippen molar-refractivity contribution in [2.24, 2.45) is 0 Å². The van der Waals surface area contributed by atoms with E-state index < -0.39 is 5.97 Å². The summed E-state index contributed by atoms with van der Waals surface area (Å²) in [5.41, 5.74) is 6.08. The van der Waals surface area contributed by atoms with E-state index in [9.17, 15) is 14.4 Å². The number of ether oxygens (including phenoxy) is 2. The molecule has 8 nitrogen and oxygen atoms in total. The second-order valence-electron chi connectivity index (χ2n) is 9.89. The summed E-state index contributed by atoms with van der Waals surface area (Å²) in [4.78, 5) is 37.6. The van der Waals surface area contributed by atoms with Crippen molar-refractivity contribution in [3.8, 4) is 17.0 Å². The van der Waals surface area contributed by atoms with Gasteiger partial charge in [0.1, 0.15) is 5.75 Å². The van der Waals surface area contributed by atoms with Crippen molar-refractivity contribution < 1.29 is 23.9 Å². The number of esters is 1. The summed E-state index contributed by atoms with van der Waals surface area (Å²) < 4.78 is 12.7. The van der Waals surface area contributed by atoms with Gasteiger partial charge < -0.3 is 24.7 Å². The van der Waals surface area contributed by atoms with Crippen LogP contribution in [0.5, 0.6) is 5.75 Å². The van der Waals surface area contributed by atoms with Crippen LogP contribution >= 0.6 is 0 Å². The Hall–Kier alpha value is -4.07. The molecule has 198 valence electrons. The van der Waals surface area contributed by atoms with E-state index >= 15 is 0 Å². The lowest BCUT2D eigenvalue weighted by Crippen LogP contribution is -2.36. The Labute approximate surface area is 222 Å². The first-order chi connectivity index (χ1) is 18.4. The number of rotatable bonds is 6. The van der Waals surface area contributed by atoms with Crippen molar-refractivity contribution in [2.75, 3.05) is 27.8 Å². The van der Waals surface area contributed by atoms with Gasteiger partial charge in [0.2, 0.25) is 11.8 Å². The van der Waals surface area contributed by atoms with Gasteiger partial charge in [0.05, 0.1) is 38.6 Å². The maximum absolute atomic E-state index is 13.3. The Kier molecular flexibility index (Phi) is 7.22. The molecule has 1 aromatic heterocycles. The molecule has 1 fully saturated rings. The molecule has 2 N–H and O–H groups in total. The summed E-state index contributed by atoms with van der Waals surface area (Å²) in [6.45, 7) is 0.177. The molecule has 0 radical (unpaired) electrons. The summed E-state index contributed by atoms with van der Waals surface area (Å²) in [5, 5.41) is 6.36. The van der Waals surface area contributed by atoms with Crippen LogP contribution in [0.2, 0.25) is 0 Å². The first-order valence-corrected chi connectivity index (χ1v) is 13.1. The van der Waals surface area contributed by atoms with Crippen LogP contribution in [0.15, 0.2) is 42.0 Å². The number of hydrogen-bond donors (Lipinski definition) is 2. The predicted molar refractivity (Wildman–Crippen MR) is 146 cm³/mol. The number of amides is 2. The molecule has 8 heteroatoms. The van der Waals surface area contributed by atoms with Gasteiger partial charge in [0.15, 0.2) is 0 Å². The largest absolute Gasteiger partial charge is 0.497 e. The van der Waals surface area contributed by atoms with Crippen molar-refractivity contribution in [3.63, 3.8) is 0 Å². The molecule has 0 unspecified atom stereocenters. The smallest absolute Gasteiger partial charge is 0.337 e. The zero-order chi connectivity index (χ0) is 26.8. The predicted octanol–water partition coefficient (Wildman–Crippen LogP) is 4.41. The van der Waals surface area contributed by atoms with Crippen LogP contribution in [-0.4, -0.2) is 50.2 Å². The number of nitrogens with one attached hydrogen (secondary N) is 2. The lowest BCUT2D eigenvalue weighted by Gasteiger charge is -2.24. The topological polar surface area (TPSA) is 98.7 Å². The van der Waals surface area contributed by atoms with E-state index in [2.05, 4.69) is 15.2 Å². The van der Waals surface area contributed by atoms with Gasteiger partial charge in [-0.2, -0.15) is 0 Å². The Morgan fingerprint density at radius 1 is 1.03 bits per heavy atom. The fourth-order valence-electron chi connectivity index (χ4n) is 5.79. The highest BCUT2D eigenvalue weighted by atomic mass is 16.5. The molecule has 3 aromatic rings. The number of nitrogens with zero attached hydrogens (tertiary/aromatic N) is 1. The monoisotopic (exact) mass is 515 g/mol. The van der Waals surface area contributed by atoms with E-state index in [0.717, 1.165) is 40.6 Å². The number of hydrogen-bond acceptors (Lipinski definition) is 5. The molecule has 2 aliphatic rings. The molecule has 2 aromatic carbocycles. The summed E-state index contributed by atoms with van der Waals surface area (Å²) >= 11 is 0. The van der Waals surface area contributed by atoms with E-state index in [0.29, 0.717) is 29.3 Å². The van der Waals surface area contributed by atoms with Gasteiger partial charge in [-0.25, -0.2) is 4.79 Å². The molecule has 0 bridgehead atoms. The molecule has 0 spiro atoms. The molecule has 2 amide bonds. The molecular weight excluding hydrogens is 482 g/mol. The van der Waals surface area contributed by atoms with Crippen LogP contribution in [-0.2, 0) is 20.9 Å². The van der Waals surface area contributed by atoms with Crippen molar-refractivity contribution in [2.45, 2.75) is 44.6 Å². The lowest BCUT2D eigenvalue weighted by atomic mass is 9.81. The quantitative estimate of drug-likeness (QED) is 0.474. The minimum atomic E-state index is -0.403. The minimum absolute atomic E-state index is 0.114. The Morgan fingerprint density at radius 3 is 2.53 bits per heavy atom. The lowest BCUT2D eigenvalue weighted by molar-refractivity contribution is -0.124.